The minimum absolute atomic E-state index is 0.0340. The maximum atomic E-state index is 12.9. The van der Waals surface area contributed by atoms with Crippen molar-refractivity contribution < 1.29 is 9.53 Å². The molecule has 1 aromatic carbocycles. The predicted octanol–water partition coefficient (Wildman–Crippen LogP) is 3.60. The molecule has 8 heteroatoms. The predicted molar refractivity (Wildman–Crippen MR) is 123 cm³/mol. The number of anilines is 2. The van der Waals surface area contributed by atoms with E-state index in [9.17, 15) is 4.79 Å². The maximum absolute atomic E-state index is 12.9. The van der Waals surface area contributed by atoms with Crippen LogP contribution in [0.25, 0.3) is 21.5 Å². The number of thiazole rings is 1. The van der Waals surface area contributed by atoms with Crippen molar-refractivity contribution in [2.24, 2.45) is 0 Å². The van der Waals surface area contributed by atoms with Crippen molar-refractivity contribution in [1.82, 2.24) is 15.0 Å². The summed E-state index contributed by atoms with van der Waals surface area (Å²) >= 11 is 1.68. The lowest BCUT2D eigenvalue weighted by atomic mass is 10.1. The third kappa shape index (κ3) is 4.26. The van der Waals surface area contributed by atoms with Gasteiger partial charge in [-0.1, -0.05) is 23.5 Å². The van der Waals surface area contributed by atoms with Gasteiger partial charge in [0.1, 0.15) is 11.5 Å². The zero-order valence-electron chi connectivity index (χ0n) is 16.8. The van der Waals surface area contributed by atoms with Gasteiger partial charge in [-0.05, 0) is 42.0 Å². The van der Waals surface area contributed by atoms with Crippen molar-refractivity contribution in [3.8, 4) is 11.3 Å². The average molecular weight is 432 g/mol. The number of fused-ring (bicyclic) bond motifs is 1. The molecule has 0 unspecified atom stereocenters. The van der Waals surface area contributed by atoms with Gasteiger partial charge in [-0.2, -0.15) is 0 Å². The Morgan fingerprint density at radius 3 is 2.77 bits per heavy atom. The first kappa shape index (κ1) is 19.6. The highest BCUT2D eigenvalue weighted by molar-refractivity contribution is 7.22. The monoisotopic (exact) mass is 431 g/mol. The Morgan fingerprint density at radius 1 is 1.10 bits per heavy atom. The number of pyridine rings is 2. The Morgan fingerprint density at radius 2 is 1.97 bits per heavy atom. The number of ether oxygens (including phenoxy) is 1. The van der Waals surface area contributed by atoms with Gasteiger partial charge in [0.05, 0.1) is 29.1 Å². The van der Waals surface area contributed by atoms with Gasteiger partial charge in [-0.25, -0.2) is 15.0 Å². The molecule has 1 fully saturated rings. The Kier molecular flexibility index (Phi) is 5.31. The molecule has 0 radical (unpaired) electrons. The van der Waals surface area contributed by atoms with Crippen LogP contribution in [-0.4, -0.2) is 47.0 Å². The zero-order valence-corrected chi connectivity index (χ0v) is 17.6. The number of Topliss-reactive ketones (excluding diaryl/α,β-unsaturated/α-hetero) is 1. The van der Waals surface area contributed by atoms with Crippen LogP contribution in [-0.2, 0) is 11.2 Å². The summed E-state index contributed by atoms with van der Waals surface area (Å²) in [6, 6.07) is 15.1. The molecule has 3 aromatic heterocycles. The topological polar surface area (TPSA) is 94.2 Å². The van der Waals surface area contributed by atoms with Gasteiger partial charge in [-0.15, -0.1) is 0 Å². The van der Waals surface area contributed by atoms with Gasteiger partial charge < -0.3 is 15.4 Å². The highest BCUT2D eigenvalue weighted by atomic mass is 32.1. The minimum atomic E-state index is -0.0340. The second-order valence-electron chi connectivity index (χ2n) is 7.38. The largest absolute Gasteiger partial charge is 0.384 e. The molecule has 0 aliphatic carbocycles. The highest BCUT2D eigenvalue weighted by Gasteiger charge is 2.16. The number of rotatable bonds is 5. The van der Waals surface area contributed by atoms with Gasteiger partial charge in [0.2, 0.25) is 0 Å². The summed E-state index contributed by atoms with van der Waals surface area (Å²) in [6.45, 7) is 3.18. The van der Waals surface area contributed by atoms with Crippen LogP contribution >= 0.6 is 11.3 Å². The van der Waals surface area contributed by atoms with Crippen LogP contribution in [0, 0.1) is 0 Å². The number of carbonyl (C=O) groups excluding carboxylic acids is 1. The maximum Gasteiger partial charge on any atom is 0.186 e. The number of hydrogen-bond acceptors (Lipinski definition) is 8. The van der Waals surface area contributed by atoms with E-state index in [1.165, 1.54) is 0 Å². The van der Waals surface area contributed by atoms with E-state index in [1.54, 1.807) is 29.7 Å². The summed E-state index contributed by atoms with van der Waals surface area (Å²) in [7, 11) is 0. The number of ketones is 1. The molecule has 1 aliphatic heterocycles. The first-order valence-corrected chi connectivity index (χ1v) is 10.9. The van der Waals surface area contributed by atoms with E-state index in [0.717, 1.165) is 52.8 Å². The second kappa shape index (κ2) is 8.41. The summed E-state index contributed by atoms with van der Waals surface area (Å²) in [5.74, 6) is 0.415. The van der Waals surface area contributed by atoms with Gasteiger partial charge in [0, 0.05) is 31.3 Å². The molecule has 2 N–H and O–H groups in total. The summed E-state index contributed by atoms with van der Waals surface area (Å²) in [4.78, 5) is 28.6. The summed E-state index contributed by atoms with van der Waals surface area (Å²) in [5, 5.41) is 1.01. The lowest BCUT2D eigenvalue weighted by molar-refractivity contribution is 0.0988. The Hall–Kier alpha value is -3.36. The van der Waals surface area contributed by atoms with E-state index in [2.05, 4.69) is 14.9 Å². The molecule has 5 rings (SSSR count). The van der Waals surface area contributed by atoms with E-state index in [0.29, 0.717) is 17.2 Å². The molecule has 0 saturated carbocycles. The molecule has 1 saturated heterocycles. The smallest absolute Gasteiger partial charge is 0.186 e. The van der Waals surface area contributed by atoms with Crippen LogP contribution < -0.4 is 10.6 Å². The molecule has 156 valence electrons. The number of carbonyl (C=O) groups is 1. The number of nitrogens with zero attached hydrogens (tertiary/aromatic N) is 4. The summed E-state index contributed by atoms with van der Waals surface area (Å²) in [6.07, 6.45) is 1.94. The second-order valence-corrected chi connectivity index (χ2v) is 8.39. The quantitative estimate of drug-likeness (QED) is 0.483. The van der Waals surface area contributed by atoms with Gasteiger partial charge in [-0.3, -0.25) is 4.79 Å². The van der Waals surface area contributed by atoms with Gasteiger partial charge in [0.15, 0.2) is 10.9 Å². The number of aromatic nitrogens is 3. The van der Waals surface area contributed by atoms with Crippen molar-refractivity contribution in [2.75, 3.05) is 36.9 Å². The third-order valence-corrected chi connectivity index (χ3v) is 6.30. The SMILES string of the molecule is Nc1ccc(-c2cccc(C(=O)Cc3ccc4sc(N5CCOCC5)nc4c3)n2)cn1. The number of nitrogen functional groups attached to an aromatic ring is 1. The summed E-state index contributed by atoms with van der Waals surface area (Å²) < 4.78 is 6.54. The number of hydrogen-bond donors (Lipinski definition) is 1. The molecular weight excluding hydrogens is 410 g/mol. The molecule has 1 aliphatic rings. The van der Waals surface area contributed by atoms with E-state index >= 15 is 0 Å². The lowest BCUT2D eigenvalue weighted by Gasteiger charge is -2.25. The fourth-order valence-corrected chi connectivity index (χ4v) is 4.54. The molecule has 7 nitrogen and oxygen atoms in total. The van der Waals surface area contributed by atoms with Crippen LogP contribution in [0.4, 0.5) is 10.9 Å². The molecule has 0 amide bonds. The Labute approximate surface area is 183 Å². The van der Waals surface area contributed by atoms with E-state index in [-0.39, 0.29) is 12.2 Å². The van der Waals surface area contributed by atoms with Gasteiger partial charge >= 0.3 is 0 Å². The van der Waals surface area contributed by atoms with Crippen molar-refractivity contribution in [1.29, 1.82) is 0 Å². The van der Waals surface area contributed by atoms with Crippen molar-refractivity contribution in [3.63, 3.8) is 0 Å². The summed E-state index contributed by atoms with van der Waals surface area (Å²) in [5.41, 5.74) is 9.46. The van der Waals surface area contributed by atoms with Crippen LogP contribution in [0.1, 0.15) is 16.1 Å². The van der Waals surface area contributed by atoms with Crippen LogP contribution in [0.3, 0.4) is 0 Å². The molecule has 4 aromatic rings. The van der Waals surface area contributed by atoms with Crippen LogP contribution in [0.2, 0.25) is 0 Å². The number of nitrogens with two attached hydrogens (primary N) is 1. The van der Waals surface area contributed by atoms with Crippen molar-refractivity contribution >= 4 is 38.3 Å². The van der Waals surface area contributed by atoms with Crippen LogP contribution in [0.5, 0.6) is 0 Å². The minimum Gasteiger partial charge on any atom is -0.384 e. The van der Waals surface area contributed by atoms with E-state index < -0.39 is 0 Å². The molecular formula is C23H21N5O2S. The van der Waals surface area contributed by atoms with E-state index in [1.807, 2.05) is 36.4 Å². The van der Waals surface area contributed by atoms with Crippen molar-refractivity contribution in [2.45, 2.75) is 6.42 Å². The fourth-order valence-electron chi connectivity index (χ4n) is 3.54. The number of benzene rings is 1. The van der Waals surface area contributed by atoms with E-state index in [4.69, 9.17) is 15.5 Å². The Bertz CT molecular complexity index is 1230. The molecule has 0 spiro atoms. The molecule has 31 heavy (non-hydrogen) atoms. The fraction of sp³-hybridized carbons (Fsp3) is 0.217. The average Bonchev–Trinajstić information content (AvgIpc) is 3.24. The number of morpholine rings is 1. The standard InChI is InChI=1S/C23H21N5O2S/c24-22-7-5-16(14-25-22)17-2-1-3-18(26-17)20(29)13-15-4-6-21-19(12-15)27-23(31-21)28-8-10-30-11-9-28/h1-7,12,14H,8-11,13H2,(H2,24,25). The lowest BCUT2D eigenvalue weighted by Crippen LogP contribution is -2.36. The first-order valence-electron chi connectivity index (χ1n) is 10.1. The normalized spacial score (nSPS) is 14.1. The third-order valence-electron chi connectivity index (χ3n) is 5.20. The molecule has 4 heterocycles. The first-order chi connectivity index (χ1) is 15.2. The van der Waals surface area contributed by atoms with Crippen molar-refractivity contribution in [3.05, 3.63) is 66.0 Å². The van der Waals surface area contributed by atoms with Gasteiger partial charge in [0.25, 0.3) is 0 Å². The molecule has 0 bridgehead atoms. The highest BCUT2D eigenvalue weighted by Crippen LogP contribution is 2.30. The zero-order chi connectivity index (χ0) is 21.2. The Balaban J connectivity index is 1.35. The molecule has 0 atom stereocenters. The van der Waals surface area contributed by atoms with Crippen LogP contribution in [0.15, 0.2) is 54.7 Å².